The van der Waals surface area contributed by atoms with E-state index in [0.29, 0.717) is 10.7 Å². The molecule has 9 unspecified atom stereocenters. The van der Waals surface area contributed by atoms with Crippen LogP contribution in [-0.4, -0.2) is 16.9 Å². The van der Waals surface area contributed by atoms with Crippen LogP contribution in [0.5, 0.6) is 0 Å². The van der Waals surface area contributed by atoms with Crippen molar-refractivity contribution in [3.63, 3.8) is 0 Å². The van der Waals surface area contributed by atoms with Gasteiger partial charge in [0.1, 0.15) is 0 Å². The first-order valence-electron chi connectivity index (χ1n) is 11.1. The molecule has 1 spiro atoms. The van der Waals surface area contributed by atoms with E-state index in [1.54, 1.807) is 0 Å². The van der Waals surface area contributed by atoms with E-state index in [1.165, 1.54) is 36.9 Å². The molecule has 144 valence electrons. The van der Waals surface area contributed by atoms with Gasteiger partial charge in [0, 0.05) is 0 Å². The van der Waals surface area contributed by atoms with E-state index in [-0.39, 0.29) is 0 Å². The first kappa shape index (κ1) is 13.0. The first-order chi connectivity index (χ1) is 12.2. The van der Waals surface area contributed by atoms with Crippen molar-refractivity contribution in [2.24, 2.45) is 0 Å². The van der Waals surface area contributed by atoms with Crippen LogP contribution < -0.4 is 0 Å². The number of fused-ring (bicyclic) bond motifs is 10. The van der Waals surface area contributed by atoms with Crippen molar-refractivity contribution in [3.05, 3.63) is 0 Å². The summed E-state index contributed by atoms with van der Waals surface area (Å²) < 4.78 is 2.05. The Kier molecular flexibility index (Phi) is 0.723. The molecule has 26 heavy (non-hydrogen) atoms. The van der Waals surface area contributed by atoms with Gasteiger partial charge in [0.2, 0.25) is 0 Å². The molecule has 0 radical (unpaired) electrons. The molecule has 10 fully saturated rings. The van der Waals surface area contributed by atoms with Gasteiger partial charge in [-0.2, -0.15) is 0 Å². The molecule has 3 nitrogen and oxygen atoms in total. The molecule has 10 saturated heterocycles. The summed E-state index contributed by atoms with van der Waals surface area (Å²) in [6.07, 6.45) is 7.63. The van der Waals surface area contributed by atoms with Crippen LogP contribution in [0.4, 0.5) is 0 Å². The van der Waals surface area contributed by atoms with Gasteiger partial charge >= 0.3 is 145 Å². The van der Waals surface area contributed by atoms with Crippen molar-refractivity contribution in [1.29, 1.82) is 0 Å². The number of Topliss-reactive ketones (excluding diaryl/α,β-unsaturated/α-hetero) is 1. The summed E-state index contributed by atoms with van der Waals surface area (Å²) in [5, 5.41) is 8.68. The van der Waals surface area contributed by atoms with Crippen molar-refractivity contribution < 1.29 is 21.2 Å². The number of carboxylic acids is 1. The molecule has 9 atom stereocenters. The standard InChI is InChI=1S/C16H23O3.C6H7.Fe/c1-13-10-11-14(12-13)15(17)8-6-4-2-3-5-7-9-16(18)19;1-6-4-2-3-5-6;/h10-12H,2-9H2,1H3,(H,18,19);2-5H,1H3;. The minimum absolute atomic E-state index is 0.309. The van der Waals surface area contributed by atoms with E-state index in [0.717, 1.165) is 56.1 Å². The molecule has 0 bridgehead atoms. The topological polar surface area (TPSA) is 54.4 Å². The van der Waals surface area contributed by atoms with Gasteiger partial charge in [0.25, 0.3) is 0 Å². The van der Waals surface area contributed by atoms with E-state index < -0.39 is 12.5 Å². The number of rotatable bonds is 10. The maximum atomic E-state index is 13.7. The summed E-state index contributed by atoms with van der Waals surface area (Å²) in [4.78, 5) is 32.3. The average Bonchev–Trinajstić information content (AvgIpc) is 3.54. The Morgan fingerprint density at radius 2 is 1.38 bits per heavy atom. The van der Waals surface area contributed by atoms with Gasteiger partial charge in [-0.25, -0.2) is 0 Å². The number of aliphatic carboxylic acids is 1. The van der Waals surface area contributed by atoms with E-state index in [1.807, 2.05) is 0 Å². The number of hydrogen-bond acceptors (Lipinski definition) is 2. The molecule has 0 aromatic rings. The summed E-state index contributed by atoms with van der Waals surface area (Å²) in [6, 6.07) is 0. The van der Waals surface area contributed by atoms with Crippen LogP contribution in [0.1, 0.15) is 65.2 Å². The zero-order valence-electron chi connectivity index (χ0n) is 15.8. The Morgan fingerprint density at radius 3 is 1.73 bits per heavy atom. The van der Waals surface area contributed by atoms with Crippen molar-refractivity contribution in [3.8, 4) is 0 Å². The van der Waals surface area contributed by atoms with E-state index in [9.17, 15) is 9.59 Å². The van der Waals surface area contributed by atoms with Crippen LogP contribution in [0, 0.1) is 0 Å². The summed E-state index contributed by atoms with van der Waals surface area (Å²) in [5.74, 6) is 0.128. The van der Waals surface area contributed by atoms with E-state index in [2.05, 4.69) is 13.8 Å². The molecule has 0 amide bonds. The molecular formula is C22H30FeO3. The SMILES string of the molecule is C[C]12[CH]3[CH]4[CH]5[CH]1[Fe]45321678[CH]2[CH]1[C]6(C(=O)CCCCCCCCC(=O)O)[CH]7[C]28C. The van der Waals surface area contributed by atoms with Crippen LogP contribution >= 0.6 is 0 Å². The number of unbranched alkanes of at least 4 members (excludes halogenated alkanes) is 5. The Labute approximate surface area is 145 Å². The molecule has 1 N–H and O–H groups in total. The maximum absolute atomic E-state index is 13.7. The minimum atomic E-state index is -3.49. The molecule has 0 aromatic carbocycles. The summed E-state index contributed by atoms with van der Waals surface area (Å²) in [7, 11) is 0. The number of ketones is 1. The zero-order chi connectivity index (χ0) is 17.7. The second-order valence-corrected chi connectivity index (χ2v) is 37.5. The van der Waals surface area contributed by atoms with Crippen molar-refractivity contribution in [1.82, 2.24) is 0 Å². The van der Waals surface area contributed by atoms with Crippen LogP contribution in [0.25, 0.3) is 0 Å². The number of hydrogen-bond donors (Lipinski definition) is 1. The fourth-order valence-corrected chi connectivity index (χ4v) is 102. The molecule has 10 aliphatic rings. The predicted molar refractivity (Wildman–Crippen MR) is 95.3 cm³/mol. The number of carbonyl (C=O) groups is 2. The fourth-order valence-electron chi connectivity index (χ4n) is 21.4. The van der Waals surface area contributed by atoms with Crippen LogP contribution in [0.2, 0.25) is 46.7 Å². The predicted octanol–water partition coefficient (Wildman–Crippen LogP) is 6.30. The normalized spacial score (nSPS) is 87.5. The third-order valence-electron chi connectivity index (χ3n) is 18.8. The van der Waals surface area contributed by atoms with E-state index >= 15 is 0 Å². The van der Waals surface area contributed by atoms with Gasteiger partial charge in [-0.05, 0) is 0 Å². The van der Waals surface area contributed by atoms with E-state index in [4.69, 9.17) is 5.11 Å². The van der Waals surface area contributed by atoms with Gasteiger partial charge in [-0.15, -0.1) is 0 Å². The van der Waals surface area contributed by atoms with Gasteiger partial charge in [0.05, 0.1) is 0 Å². The fraction of sp³-hybridized carbons (Fsp3) is 0.909. The second kappa shape index (κ2) is 1.45. The molecule has 10 aliphatic heterocycles. The third-order valence-corrected chi connectivity index (χ3v) is 64.8. The van der Waals surface area contributed by atoms with Gasteiger partial charge < -0.3 is 0 Å². The molecule has 0 aromatic heterocycles. The molecule has 10 heterocycles. The summed E-state index contributed by atoms with van der Waals surface area (Å²) >= 11 is 0. The number of carboxylic acid groups (broad SMARTS) is 1. The Hall–Kier alpha value is -0.341. The average molecular weight is 398 g/mol. The Morgan fingerprint density at radius 1 is 0.808 bits per heavy atom. The zero-order valence-corrected chi connectivity index (χ0v) is 16.9. The Balaban J connectivity index is 0.896. The van der Waals surface area contributed by atoms with Crippen molar-refractivity contribution >= 4 is 11.8 Å². The summed E-state index contributed by atoms with van der Waals surface area (Å²) in [6.45, 7) is 1.94. The number of carbonyl (C=O) groups excluding carboxylic acids is 1. The van der Waals surface area contributed by atoms with Crippen LogP contribution in [-0.2, 0) is 16.1 Å². The quantitative estimate of drug-likeness (QED) is 0.347. The van der Waals surface area contributed by atoms with Gasteiger partial charge in [-0.1, -0.05) is 0 Å². The molecule has 0 aliphatic carbocycles. The van der Waals surface area contributed by atoms with Crippen LogP contribution in [0.3, 0.4) is 0 Å². The first-order valence-corrected chi connectivity index (χ1v) is 17.2. The Bertz CT molecular complexity index is 1310. The molecule has 4 heteroatoms. The second-order valence-electron chi connectivity index (χ2n) is 14.1. The van der Waals surface area contributed by atoms with Gasteiger partial charge in [0.15, 0.2) is 0 Å². The monoisotopic (exact) mass is 398 g/mol. The molecule has 0 saturated carbocycles. The van der Waals surface area contributed by atoms with Crippen molar-refractivity contribution in [2.75, 3.05) is 0 Å². The summed E-state index contributed by atoms with van der Waals surface area (Å²) in [5.41, 5.74) is 0. The molecular weight excluding hydrogens is 368 g/mol. The van der Waals surface area contributed by atoms with Crippen molar-refractivity contribution in [2.45, 2.75) is 112 Å². The molecule has 10 rings (SSSR count). The van der Waals surface area contributed by atoms with Crippen LogP contribution in [0.15, 0.2) is 0 Å². The third kappa shape index (κ3) is 0.186. The van der Waals surface area contributed by atoms with Gasteiger partial charge in [-0.3, -0.25) is 0 Å².